The van der Waals surface area contributed by atoms with Gasteiger partial charge in [-0.2, -0.15) is 0 Å². The number of amides is 1. The van der Waals surface area contributed by atoms with E-state index in [-0.39, 0.29) is 29.8 Å². The van der Waals surface area contributed by atoms with Gasteiger partial charge in [0, 0.05) is 23.6 Å². The summed E-state index contributed by atoms with van der Waals surface area (Å²) in [7, 11) is 1.47. The fourth-order valence-electron chi connectivity index (χ4n) is 1.54. The molecular weight excluding hydrogens is 289 g/mol. The smallest absolute Gasteiger partial charge is 0.237 e. The van der Waals surface area contributed by atoms with Crippen LogP contribution in [0.3, 0.4) is 0 Å². The van der Waals surface area contributed by atoms with Crippen molar-refractivity contribution in [3.63, 3.8) is 0 Å². The first kappa shape index (κ1) is 12.5. The lowest BCUT2D eigenvalue weighted by atomic mass is 10.4. The van der Waals surface area contributed by atoms with Crippen LogP contribution in [-0.2, 0) is 13.8 Å². The van der Waals surface area contributed by atoms with Gasteiger partial charge in [0.15, 0.2) is 11.0 Å². The molecule has 6 nitrogen and oxygen atoms in total. The Labute approximate surface area is 107 Å². The quantitative estimate of drug-likeness (QED) is 0.754. The van der Waals surface area contributed by atoms with E-state index in [1.165, 1.54) is 17.0 Å². The van der Waals surface area contributed by atoms with Crippen molar-refractivity contribution >= 4 is 43.1 Å². The highest BCUT2D eigenvalue weighted by atomic mass is 35.7. The summed E-state index contributed by atoms with van der Waals surface area (Å²) >= 11 is 5.56. The summed E-state index contributed by atoms with van der Waals surface area (Å²) in [5.74, 6) is -0.0851. The van der Waals surface area contributed by atoms with Crippen LogP contribution in [0.25, 0.3) is 0 Å². The summed E-state index contributed by atoms with van der Waals surface area (Å²) in [5, 5.41) is 6.58. The number of rotatable bonds is 2. The van der Waals surface area contributed by atoms with Crippen molar-refractivity contribution in [3.8, 4) is 0 Å². The van der Waals surface area contributed by atoms with E-state index in [1.54, 1.807) is 0 Å². The molecule has 2 rings (SSSR count). The zero-order chi connectivity index (χ0) is 12.6. The van der Waals surface area contributed by atoms with Crippen LogP contribution in [0.2, 0.25) is 5.15 Å². The molecule has 2 heterocycles. The highest BCUT2D eigenvalue weighted by Gasteiger charge is 2.38. The topological polar surface area (TPSA) is 80.2 Å². The van der Waals surface area contributed by atoms with Gasteiger partial charge in [0.25, 0.3) is 0 Å². The SMILES string of the molecule is O=C1CC(S(=O)(=O)Cl)CN1c1ccc(Cl)nn1. The summed E-state index contributed by atoms with van der Waals surface area (Å²) in [6.45, 7) is -0.0129. The monoisotopic (exact) mass is 295 g/mol. The van der Waals surface area contributed by atoms with Crippen LogP contribution in [0, 0.1) is 0 Å². The van der Waals surface area contributed by atoms with Crippen LogP contribution in [0.1, 0.15) is 6.42 Å². The summed E-state index contributed by atoms with van der Waals surface area (Å²) in [6, 6.07) is 2.97. The molecule has 0 bridgehead atoms. The first-order valence-electron chi connectivity index (χ1n) is 4.61. The number of aromatic nitrogens is 2. The molecule has 1 saturated heterocycles. The molecule has 0 aliphatic carbocycles. The number of carbonyl (C=O) groups is 1. The summed E-state index contributed by atoms with van der Waals surface area (Å²) in [6.07, 6.45) is -0.143. The second kappa shape index (κ2) is 4.40. The van der Waals surface area contributed by atoms with Gasteiger partial charge in [0.1, 0.15) is 5.25 Å². The van der Waals surface area contributed by atoms with Gasteiger partial charge in [-0.25, -0.2) is 8.42 Å². The van der Waals surface area contributed by atoms with E-state index in [9.17, 15) is 13.2 Å². The van der Waals surface area contributed by atoms with E-state index >= 15 is 0 Å². The molecule has 0 N–H and O–H groups in total. The van der Waals surface area contributed by atoms with Crippen molar-refractivity contribution in [1.29, 1.82) is 0 Å². The molecule has 92 valence electrons. The van der Waals surface area contributed by atoms with Gasteiger partial charge in [0.2, 0.25) is 15.0 Å². The third-order valence-corrected chi connectivity index (χ3v) is 4.45. The van der Waals surface area contributed by atoms with Crippen molar-refractivity contribution in [3.05, 3.63) is 17.3 Å². The standard InChI is InChI=1S/C8H7Cl2N3O3S/c9-6-1-2-7(12-11-6)13-4-5(3-8(13)14)17(10,15)16/h1-2,5H,3-4H2. The summed E-state index contributed by atoms with van der Waals surface area (Å²) in [4.78, 5) is 12.8. The third kappa shape index (κ3) is 2.67. The molecule has 1 aliphatic heterocycles. The first-order chi connectivity index (χ1) is 7.88. The minimum Gasteiger partial charge on any atom is -0.294 e. The van der Waals surface area contributed by atoms with Crippen molar-refractivity contribution in [2.45, 2.75) is 11.7 Å². The largest absolute Gasteiger partial charge is 0.294 e. The van der Waals surface area contributed by atoms with Gasteiger partial charge < -0.3 is 0 Å². The molecule has 0 spiro atoms. The Kier molecular flexibility index (Phi) is 3.24. The van der Waals surface area contributed by atoms with Crippen LogP contribution in [0.4, 0.5) is 5.82 Å². The summed E-state index contributed by atoms with van der Waals surface area (Å²) in [5.41, 5.74) is 0. The molecule has 1 aromatic rings. The predicted molar refractivity (Wildman–Crippen MR) is 62.6 cm³/mol. The van der Waals surface area contributed by atoms with E-state index in [0.29, 0.717) is 0 Å². The molecule has 1 fully saturated rings. The second-order valence-electron chi connectivity index (χ2n) is 3.52. The zero-order valence-corrected chi connectivity index (χ0v) is 10.7. The highest BCUT2D eigenvalue weighted by Crippen LogP contribution is 2.25. The lowest BCUT2D eigenvalue weighted by Gasteiger charge is -2.13. The molecule has 0 aromatic carbocycles. The molecule has 1 unspecified atom stereocenters. The Morgan fingerprint density at radius 2 is 2.06 bits per heavy atom. The number of nitrogens with zero attached hydrogens (tertiary/aromatic N) is 3. The van der Waals surface area contributed by atoms with Crippen molar-refractivity contribution in [2.24, 2.45) is 0 Å². The number of carbonyl (C=O) groups excluding carboxylic acids is 1. The average Bonchev–Trinajstić information content (AvgIpc) is 2.61. The van der Waals surface area contributed by atoms with E-state index in [4.69, 9.17) is 22.3 Å². The van der Waals surface area contributed by atoms with Crippen LogP contribution in [-0.4, -0.2) is 36.3 Å². The van der Waals surface area contributed by atoms with Gasteiger partial charge >= 0.3 is 0 Å². The summed E-state index contributed by atoms with van der Waals surface area (Å²) < 4.78 is 22.3. The Bertz CT molecular complexity index is 546. The molecule has 1 amide bonds. The molecule has 9 heteroatoms. The zero-order valence-electron chi connectivity index (χ0n) is 8.38. The maximum Gasteiger partial charge on any atom is 0.237 e. The average molecular weight is 296 g/mol. The van der Waals surface area contributed by atoms with Gasteiger partial charge in [-0.05, 0) is 12.1 Å². The van der Waals surface area contributed by atoms with Crippen molar-refractivity contribution in [1.82, 2.24) is 10.2 Å². The Morgan fingerprint density at radius 1 is 1.35 bits per heavy atom. The molecule has 1 aromatic heterocycles. The predicted octanol–water partition coefficient (Wildman–Crippen LogP) is 0.804. The molecule has 0 saturated carbocycles. The first-order valence-corrected chi connectivity index (χ1v) is 7.36. The van der Waals surface area contributed by atoms with Gasteiger partial charge in [0.05, 0.1) is 0 Å². The fourth-order valence-corrected chi connectivity index (χ4v) is 2.67. The third-order valence-electron chi connectivity index (χ3n) is 2.38. The van der Waals surface area contributed by atoms with Crippen LogP contribution < -0.4 is 4.90 Å². The van der Waals surface area contributed by atoms with E-state index in [2.05, 4.69) is 10.2 Å². The minimum absolute atomic E-state index is 0.0129. The fraction of sp³-hybridized carbons (Fsp3) is 0.375. The van der Waals surface area contributed by atoms with Gasteiger partial charge in [-0.1, -0.05) is 11.6 Å². The number of hydrogen-bond donors (Lipinski definition) is 0. The maximum atomic E-state index is 11.6. The molecule has 1 atom stereocenters. The number of anilines is 1. The normalized spacial score (nSPS) is 20.9. The van der Waals surface area contributed by atoms with E-state index in [1.807, 2.05) is 0 Å². The van der Waals surface area contributed by atoms with Crippen LogP contribution in [0.5, 0.6) is 0 Å². The van der Waals surface area contributed by atoms with Crippen molar-refractivity contribution in [2.75, 3.05) is 11.4 Å². The second-order valence-corrected chi connectivity index (χ2v) is 6.82. The Hall–Kier alpha value is -0.920. The number of hydrogen-bond acceptors (Lipinski definition) is 5. The van der Waals surface area contributed by atoms with Gasteiger partial charge in [-0.15, -0.1) is 10.2 Å². The maximum absolute atomic E-state index is 11.6. The van der Waals surface area contributed by atoms with Crippen LogP contribution in [0.15, 0.2) is 12.1 Å². The van der Waals surface area contributed by atoms with Gasteiger partial charge in [-0.3, -0.25) is 9.69 Å². The molecule has 1 aliphatic rings. The number of halogens is 2. The van der Waals surface area contributed by atoms with E-state index < -0.39 is 14.3 Å². The lowest BCUT2D eigenvalue weighted by molar-refractivity contribution is -0.117. The minimum atomic E-state index is -3.75. The van der Waals surface area contributed by atoms with Crippen molar-refractivity contribution < 1.29 is 13.2 Å². The highest BCUT2D eigenvalue weighted by molar-refractivity contribution is 8.14. The molecular formula is C8H7Cl2N3O3S. The van der Waals surface area contributed by atoms with E-state index in [0.717, 1.165) is 0 Å². The Balaban J connectivity index is 2.24. The molecule has 17 heavy (non-hydrogen) atoms. The van der Waals surface area contributed by atoms with Crippen LogP contribution >= 0.6 is 22.3 Å². The molecule has 0 radical (unpaired) electrons. The lowest BCUT2D eigenvalue weighted by Crippen LogP contribution is -2.27. The Morgan fingerprint density at radius 3 is 2.53 bits per heavy atom.